The zero-order valence-corrected chi connectivity index (χ0v) is 18.7. The zero-order valence-electron chi connectivity index (χ0n) is 18.7. The van der Waals surface area contributed by atoms with Crippen LogP contribution in [0.2, 0.25) is 0 Å². The van der Waals surface area contributed by atoms with Crippen molar-refractivity contribution in [1.82, 2.24) is 5.16 Å². The number of ether oxygens (including phenoxy) is 4. The van der Waals surface area contributed by atoms with E-state index in [1.165, 1.54) is 13.0 Å². The molecule has 1 atom stereocenters. The first-order chi connectivity index (χ1) is 16.0. The van der Waals surface area contributed by atoms with Crippen LogP contribution in [0.5, 0.6) is 17.2 Å². The number of esters is 1. The highest BCUT2D eigenvalue weighted by molar-refractivity contribution is 5.96. The van der Waals surface area contributed by atoms with Crippen molar-refractivity contribution in [3.05, 3.63) is 65.9 Å². The molecule has 2 aromatic carbocycles. The van der Waals surface area contributed by atoms with Crippen molar-refractivity contribution in [1.29, 1.82) is 0 Å². The number of hydrogen-bond acceptors (Lipinski definition) is 8. The van der Waals surface area contributed by atoms with Gasteiger partial charge in [0.2, 0.25) is 5.88 Å². The summed E-state index contributed by atoms with van der Waals surface area (Å²) in [6.45, 7) is 6.02. The number of para-hydroxylation sites is 1. The van der Waals surface area contributed by atoms with Crippen LogP contribution in [-0.4, -0.2) is 43.0 Å². The van der Waals surface area contributed by atoms with E-state index in [0.29, 0.717) is 30.4 Å². The standard InChI is InChI=1S/C24H26N2O7/c1-4-29-21-15-18(10-11-20(21)31-13-12-30-19-8-6-5-7-9-19)24(28)32-17(3)23(27)25-22-14-16(2)26-33-22/h5-11,14-15,17H,4,12-13H2,1-3H3,(H,25,27). The average Bonchev–Trinajstić information content (AvgIpc) is 3.22. The summed E-state index contributed by atoms with van der Waals surface area (Å²) in [5.41, 5.74) is 0.842. The lowest BCUT2D eigenvalue weighted by atomic mass is 10.2. The van der Waals surface area contributed by atoms with E-state index < -0.39 is 18.0 Å². The third-order valence-corrected chi connectivity index (χ3v) is 4.36. The van der Waals surface area contributed by atoms with E-state index in [-0.39, 0.29) is 18.1 Å². The number of nitrogens with one attached hydrogen (secondary N) is 1. The molecule has 0 spiro atoms. The molecule has 9 heteroatoms. The molecule has 1 aromatic heterocycles. The number of nitrogens with zero attached hydrogens (tertiary/aromatic N) is 1. The Labute approximate surface area is 191 Å². The van der Waals surface area contributed by atoms with Crippen LogP contribution in [0, 0.1) is 6.92 Å². The lowest BCUT2D eigenvalue weighted by Gasteiger charge is -2.15. The van der Waals surface area contributed by atoms with Crippen LogP contribution in [0.3, 0.4) is 0 Å². The molecule has 9 nitrogen and oxygen atoms in total. The Bertz CT molecular complexity index is 1070. The van der Waals surface area contributed by atoms with Crippen molar-refractivity contribution in [2.45, 2.75) is 26.9 Å². The summed E-state index contributed by atoms with van der Waals surface area (Å²) in [6.07, 6.45) is -1.05. The first-order valence-corrected chi connectivity index (χ1v) is 10.5. The minimum atomic E-state index is -1.05. The normalized spacial score (nSPS) is 11.4. The molecule has 0 radical (unpaired) electrons. The fourth-order valence-electron chi connectivity index (χ4n) is 2.78. The number of aromatic nitrogens is 1. The topological polar surface area (TPSA) is 109 Å². The molecule has 174 valence electrons. The van der Waals surface area contributed by atoms with Gasteiger partial charge in [-0.3, -0.25) is 10.1 Å². The number of benzene rings is 2. The minimum absolute atomic E-state index is 0.178. The van der Waals surface area contributed by atoms with E-state index in [9.17, 15) is 9.59 Å². The molecule has 3 aromatic rings. The second-order valence-electron chi connectivity index (χ2n) is 6.97. The summed E-state index contributed by atoms with van der Waals surface area (Å²) in [7, 11) is 0. The number of amides is 1. The van der Waals surface area contributed by atoms with E-state index in [2.05, 4.69) is 10.5 Å². The molecule has 0 aliphatic carbocycles. The summed E-state index contributed by atoms with van der Waals surface area (Å²) >= 11 is 0. The SMILES string of the molecule is CCOc1cc(C(=O)OC(C)C(=O)Nc2cc(C)no2)ccc1OCCOc1ccccc1. The third-order valence-electron chi connectivity index (χ3n) is 4.36. The van der Waals surface area contributed by atoms with Crippen LogP contribution in [0.4, 0.5) is 5.88 Å². The van der Waals surface area contributed by atoms with Crippen LogP contribution in [-0.2, 0) is 9.53 Å². The van der Waals surface area contributed by atoms with Gasteiger partial charge in [-0.2, -0.15) is 0 Å². The molecule has 1 N–H and O–H groups in total. The molecule has 33 heavy (non-hydrogen) atoms. The van der Waals surface area contributed by atoms with Gasteiger partial charge < -0.3 is 23.5 Å². The number of carbonyl (C=O) groups is 2. The molecule has 1 unspecified atom stereocenters. The molecule has 3 rings (SSSR count). The molecule has 0 fully saturated rings. The first-order valence-electron chi connectivity index (χ1n) is 10.5. The fourth-order valence-corrected chi connectivity index (χ4v) is 2.78. The summed E-state index contributed by atoms with van der Waals surface area (Å²) in [5, 5.41) is 6.18. The van der Waals surface area contributed by atoms with Crippen LogP contribution >= 0.6 is 0 Å². The number of aryl methyl sites for hydroxylation is 1. The quantitative estimate of drug-likeness (QED) is 0.342. The molecule has 0 saturated carbocycles. The van der Waals surface area contributed by atoms with E-state index in [0.717, 1.165) is 5.75 Å². The summed E-state index contributed by atoms with van der Waals surface area (Å²) in [4.78, 5) is 24.8. The van der Waals surface area contributed by atoms with Gasteiger partial charge in [-0.25, -0.2) is 4.79 Å². The molecular formula is C24H26N2O7. The molecular weight excluding hydrogens is 428 g/mol. The van der Waals surface area contributed by atoms with Gasteiger partial charge in [-0.1, -0.05) is 23.4 Å². The van der Waals surface area contributed by atoms with Gasteiger partial charge in [0.1, 0.15) is 19.0 Å². The molecule has 1 amide bonds. The Kier molecular flexibility index (Phi) is 8.29. The average molecular weight is 454 g/mol. The van der Waals surface area contributed by atoms with Crippen molar-refractivity contribution in [3.8, 4) is 17.2 Å². The Hall–Kier alpha value is -4.01. The van der Waals surface area contributed by atoms with E-state index in [1.54, 1.807) is 25.1 Å². The minimum Gasteiger partial charge on any atom is -0.490 e. The molecule has 1 heterocycles. The van der Waals surface area contributed by atoms with Gasteiger partial charge >= 0.3 is 5.97 Å². The monoisotopic (exact) mass is 454 g/mol. The molecule has 0 aliphatic heterocycles. The molecule has 0 bridgehead atoms. The van der Waals surface area contributed by atoms with Gasteiger partial charge in [-0.05, 0) is 51.1 Å². The Balaban J connectivity index is 1.56. The van der Waals surface area contributed by atoms with Crippen molar-refractivity contribution in [2.24, 2.45) is 0 Å². The van der Waals surface area contributed by atoms with Crippen LogP contribution < -0.4 is 19.5 Å². The smallest absolute Gasteiger partial charge is 0.339 e. The van der Waals surface area contributed by atoms with E-state index in [1.807, 2.05) is 37.3 Å². The Morgan fingerprint density at radius 1 is 1.00 bits per heavy atom. The van der Waals surface area contributed by atoms with Crippen LogP contribution in [0.15, 0.2) is 59.1 Å². The second-order valence-corrected chi connectivity index (χ2v) is 6.97. The van der Waals surface area contributed by atoms with Crippen molar-refractivity contribution >= 4 is 17.8 Å². The number of carbonyl (C=O) groups excluding carboxylic acids is 2. The highest BCUT2D eigenvalue weighted by Gasteiger charge is 2.21. The van der Waals surface area contributed by atoms with Gasteiger partial charge in [0, 0.05) is 6.07 Å². The van der Waals surface area contributed by atoms with E-state index >= 15 is 0 Å². The number of anilines is 1. The van der Waals surface area contributed by atoms with Gasteiger partial charge in [0.15, 0.2) is 17.6 Å². The van der Waals surface area contributed by atoms with Crippen LogP contribution in [0.1, 0.15) is 29.9 Å². The van der Waals surface area contributed by atoms with Gasteiger partial charge in [0.05, 0.1) is 17.9 Å². The maximum absolute atomic E-state index is 12.5. The zero-order chi connectivity index (χ0) is 23.6. The van der Waals surface area contributed by atoms with Crippen molar-refractivity contribution in [2.75, 3.05) is 25.1 Å². The van der Waals surface area contributed by atoms with Crippen molar-refractivity contribution < 1.29 is 33.1 Å². The largest absolute Gasteiger partial charge is 0.490 e. The lowest BCUT2D eigenvalue weighted by Crippen LogP contribution is -2.29. The van der Waals surface area contributed by atoms with Gasteiger partial charge in [0.25, 0.3) is 5.91 Å². The highest BCUT2D eigenvalue weighted by Crippen LogP contribution is 2.29. The maximum Gasteiger partial charge on any atom is 0.339 e. The first kappa shape index (κ1) is 23.6. The number of hydrogen-bond donors (Lipinski definition) is 1. The fraction of sp³-hybridized carbons (Fsp3) is 0.292. The molecule has 0 aliphatic rings. The number of rotatable bonds is 11. The highest BCUT2D eigenvalue weighted by atomic mass is 16.6. The Morgan fingerprint density at radius 2 is 1.76 bits per heavy atom. The van der Waals surface area contributed by atoms with E-state index in [4.69, 9.17) is 23.5 Å². The maximum atomic E-state index is 12.5. The predicted molar refractivity (Wildman–Crippen MR) is 120 cm³/mol. The molecule has 0 saturated heterocycles. The summed E-state index contributed by atoms with van der Waals surface area (Å²) < 4.78 is 27.2. The third kappa shape index (κ3) is 6.99. The Morgan fingerprint density at radius 3 is 2.45 bits per heavy atom. The predicted octanol–water partition coefficient (Wildman–Crippen LogP) is 4.02. The summed E-state index contributed by atoms with van der Waals surface area (Å²) in [6, 6.07) is 15.7. The second kappa shape index (κ2) is 11.6. The van der Waals surface area contributed by atoms with Gasteiger partial charge in [-0.15, -0.1) is 0 Å². The van der Waals surface area contributed by atoms with Crippen molar-refractivity contribution in [3.63, 3.8) is 0 Å². The van der Waals surface area contributed by atoms with Crippen LogP contribution in [0.25, 0.3) is 0 Å². The summed E-state index contributed by atoms with van der Waals surface area (Å²) in [5.74, 6) is 0.573. The lowest BCUT2D eigenvalue weighted by molar-refractivity contribution is -0.123.